The Bertz CT molecular complexity index is 395. The van der Waals surface area contributed by atoms with Crippen molar-refractivity contribution < 1.29 is 4.74 Å². The Morgan fingerprint density at radius 2 is 2.21 bits per heavy atom. The van der Waals surface area contributed by atoms with Crippen molar-refractivity contribution in [1.82, 2.24) is 4.98 Å². The van der Waals surface area contributed by atoms with Gasteiger partial charge in [0.25, 0.3) is 0 Å². The van der Waals surface area contributed by atoms with Gasteiger partial charge in [0.2, 0.25) is 0 Å². The summed E-state index contributed by atoms with van der Waals surface area (Å²) in [6.07, 6.45) is 8.25. The van der Waals surface area contributed by atoms with E-state index in [-0.39, 0.29) is 0 Å². The number of hydrogen-bond acceptors (Lipinski definition) is 3. The van der Waals surface area contributed by atoms with E-state index >= 15 is 0 Å². The van der Waals surface area contributed by atoms with Crippen LogP contribution in [-0.2, 0) is 11.3 Å². The first kappa shape index (κ1) is 16.1. The van der Waals surface area contributed by atoms with Crippen molar-refractivity contribution in [3.63, 3.8) is 0 Å². The minimum absolute atomic E-state index is 0.290. The van der Waals surface area contributed by atoms with Crippen LogP contribution in [-0.4, -0.2) is 16.1 Å². The van der Waals surface area contributed by atoms with Crippen LogP contribution in [0.1, 0.15) is 57.2 Å². The van der Waals surface area contributed by atoms with Crippen molar-refractivity contribution in [3.8, 4) is 0 Å². The second kappa shape index (κ2) is 8.99. The highest BCUT2D eigenvalue weighted by molar-refractivity contribution is 7.80. The van der Waals surface area contributed by atoms with Gasteiger partial charge in [-0.1, -0.05) is 44.8 Å². The van der Waals surface area contributed by atoms with E-state index in [9.17, 15) is 0 Å². The molecule has 4 heteroatoms. The van der Waals surface area contributed by atoms with Gasteiger partial charge in [0.15, 0.2) is 0 Å². The zero-order chi connectivity index (χ0) is 14.1. The van der Waals surface area contributed by atoms with Crippen molar-refractivity contribution in [2.24, 2.45) is 5.73 Å². The number of unbranched alkanes of at least 4 members (excludes halogenated alkanes) is 3. The first-order valence-corrected chi connectivity index (χ1v) is 7.40. The Morgan fingerprint density at radius 3 is 2.89 bits per heavy atom. The fraction of sp³-hybridized carbons (Fsp3) is 0.600. The Labute approximate surface area is 121 Å². The smallest absolute Gasteiger partial charge is 0.122 e. The maximum absolute atomic E-state index is 5.83. The average molecular weight is 280 g/mol. The number of aromatic nitrogens is 1. The number of ether oxygens (including phenoxy) is 1. The van der Waals surface area contributed by atoms with Gasteiger partial charge in [-0.05, 0) is 31.0 Å². The third kappa shape index (κ3) is 6.64. The molecule has 3 nitrogen and oxygen atoms in total. The molecule has 1 aromatic heterocycles. The molecule has 1 rings (SSSR count). The maximum Gasteiger partial charge on any atom is 0.122 e. The van der Waals surface area contributed by atoms with Crippen LogP contribution in [0.3, 0.4) is 0 Å². The van der Waals surface area contributed by atoms with Gasteiger partial charge in [-0.15, -0.1) is 0 Å². The Kier molecular flexibility index (Phi) is 7.60. The van der Waals surface area contributed by atoms with Gasteiger partial charge < -0.3 is 10.5 Å². The number of thiocarbonyl (C=S) groups is 1. The highest BCUT2D eigenvalue weighted by Crippen LogP contribution is 2.11. The van der Waals surface area contributed by atoms with Crippen LogP contribution >= 0.6 is 12.2 Å². The third-order valence-corrected chi connectivity index (χ3v) is 3.28. The van der Waals surface area contributed by atoms with E-state index in [1.807, 2.05) is 12.1 Å². The molecule has 2 N–H and O–H groups in total. The number of rotatable bonds is 9. The van der Waals surface area contributed by atoms with E-state index < -0.39 is 0 Å². The van der Waals surface area contributed by atoms with Crippen LogP contribution in [0.15, 0.2) is 18.3 Å². The lowest BCUT2D eigenvalue weighted by Crippen LogP contribution is -2.12. The molecule has 0 bridgehead atoms. The molecule has 0 saturated heterocycles. The quantitative estimate of drug-likeness (QED) is 0.555. The summed E-state index contributed by atoms with van der Waals surface area (Å²) < 4.78 is 5.83. The van der Waals surface area contributed by atoms with Gasteiger partial charge in [0, 0.05) is 6.20 Å². The van der Waals surface area contributed by atoms with Crippen LogP contribution < -0.4 is 5.73 Å². The summed E-state index contributed by atoms with van der Waals surface area (Å²) in [4.78, 5) is 4.44. The lowest BCUT2D eigenvalue weighted by Gasteiger charge is -2.13. The van der Waals surface area contributed by atoms with Gasteiger partial charge in [-0.3, -0.25) is 4.98 Å². The average Bonchev–Trinajstić information content (AvgIpc) is 2.41. The fourth-order valence-corrected chi connectivity index (χ4v) is 1.99. The number of pyridine rings is 1. The zero-order valence-electron chi connectivity index (χ0n) is 11.9. The van der Waals surface area contributed by atoms with E-state index in [1.54, 1.807) is 6.20 Å². The number of nitrogens with two attached hydrogens (primary N) is 1. The Morgan fingerprint density at radius 1 is 1.42 bits per heavy atom. The third-order valence-electron chi connectivity index (χ3n) is 3.08. The Balaban J connectivity index is 2.31. The molecule has 0 aliphatic carbocycles. The topological polar surface area (TPSA) is 48.1 Å². The predicted molar refractivity (Wildman–Crippen MR) is 83.1 cm³/mol. The highest BCUT2D eigenvalue weighted by atomic mass is 32.1. The normalized spacial score (nSPS) is 12.3. The summed E-state index contributed by atoms with van der Waals surface area (Å²) in [5.74, 6) is 0. The molecule has 1 unspecified atom stereocenters. The molecule has 1 aromatic rings. The first-order valence-electron chi connectivity index (χ1n) is 6.99. The lowest BCUT2D eigenvalue weighted by atomic mass is 10.1. The second-order valence-electron chi connectivity index (χ2n) is 4.88. The summed E-state index contributed by atoms with van der Waals surface area (Å²) in [6, 6.07) is 3.83. The van der Waals surface area contributed by atoms with Crippen LogP contribution in [0.2, 0.25) is 0 Å². The second-order valence-corrected chi connectivity index (χ2v) is 5.32. The Hall–Kier alpha value is -1.00. The zero-order valence-corrected chi connectivity index (χ0v) is 12.7. The molecule has 1 atom stereocenters. The van der Waals surface area contributed by atoms with Crippen LogP contribution in [0.5, 0.6) is 0 Å². The number of hydrogen-bond donors (Lipinski definition) is 1. The van der Waals surface area contributed by atoms with E-state index in [1.165, 1.54) is 25.7 Å². The molecule has 1 heterocycles. The van der Waals surface area contributed by atoms with Crippen LogP contribution in [0.4, 0.5) is 0 Å². The van der Waals surface area contributed by atoms with Gasteiger partial charge >= 0.3 is 0 Å². The van der Waals surface area contributed by atoms with Crippen molar-refractivity contribution in [2.75, 3.05) is 0 Å². The predicted octanol–water partition coefficient (Wildman–Crippen LogP) is 3.59. The van der Waals surface area contributed by atoms with Crippen molar-refractivity contribution in [1.29, 1.82) is 0 Å². The summed E-state index contributed by atoms with van der Waals surface area (Å²) >= 11 is 4.91. The molecule has 0 amide bonds. The molecule has 0 saturated carbocycles. The van der Waals surface area contributed by atoms with Crippen molar-refractivity contribution in [2.45, 2.75) is 58.7 Å². The first-order chi connectivity index (χ1) is 9.13. The molecule has 0 radical (unpaired) electrons. The van der Waals surface area contributed by atoms with E-state index in [0.29, 0.717) is 23.4 Å². The molecule has 0 spiro atoms. The molecule has 106 valence electrons. The van der Waals surface area contributed by atoms with Gasteiger partial charge in [0.1, 0.15) is 4.99 Å². The van der Waals surface area contributed by atoms with Gasteiger partial charge in [-0.2, -0.15) is 0 Å². The fourth-order valence-electron chi connectivity index (χ4n) is 1.88. The standard InChI is InChI=1S/C15H24N2OS/c1-3-4-5-6-7-12(2)18-11-13-8-9-17-14(10-13)15(16)19/h8-10,12H,3-7,11H2,1-2H3,(H2,16,19). The van der Waals surface area contributed by atoms with E-state index in [0.717, 1.165) is 12.0 Å². The molecule has 0 aromatic carbocycles. The summed E-state index contributed by atoms with van der Waals surface area (Å²) in [6.45, 7) is 4.94. The molecule has 0 aliphatic rings. The minimum Gasteiger partial charge on any atom is -0.388 e. The summed E-state index contributed by atoms with van der Waals surface area (Å²) in [5, 5.41) is 0. The van der Waals surface area contributed by atoms with Crippen LogP contribution in [0, 0.1) is 0 Å². The molecular weight excluding hydrogens is 256 g/mol. The summed E-state index contributed by atoms with van der Waals surface area (Å²) in [7, 11) is 0. The van der Waals surface area contributed by atoms with E-state index in [2.05, 4.69) is 18.8 Å². The maximum atomic E-state index is 5.83. The van der Waals surface area contributed by atoms with Gasteiger partial charge in [-0.25, -0.2) is 0 Å². The molecular formula is C15H24N2OS. The largest absolute Gasteiger partial charge is 0.388 e. The number of nitrogens with zero attached hydrogens (tertiary/aromatic N) is 1. The molecule has 0 aliphatic heterocycles. The minimum atomic E-state index is 0.290. The monoisotopic (exact) mass is 280 g/mol. The molecule has 0 fully saturated rings. The van der Waals surface area contributed by atoms with Crippen LogP contribution in [0.25, 0.3) is 0 Å². The van der Waals surface area contributed by atoms with Crippen molar-refractivity contribution in [3.05, 3.63) is 29.6 Å². The highest BCUT2D eigenvalue weighted by Gasteiger charge is 2.04. The SMILES string of the molecule is CCCCCCC(C)OCc1ccnc(C(N)=S)c1. The van der Waals surface area contributed by atoms with Gasteiger partial charge in [0.05, 0.1) is 18.4 Å². The summed E-state index contributed by atoms with van der Waals surface area (Å²) in [5.41, 5.74) is 7.29. The van der Waals surface area contributed by atoms with Crippen molar-refractivity contribution >= 4 is 17.2 Å². The lowest BCUT2D eigenvalue weighted by molar-refractivity contribution is 0.0458. The van der Waals surface area contributed by atoms with E-state index in [4.69, 9.17) is 22.7 Å². The molecule has 19 heavy (non-hydrogen) atoms.